The van der Waals surface area contributed by atoms with Gasteiger partial charge < -0.3 is 15.4 Å². The van der Waals surface area contributed by atoms with E-state index in [1.165, 1.54) is 6.33 Å². The number of aryl methyl sites for hydroxylation is 1. The summed E-state index contributed by atoms with van der Waals surface area (Å²) in [5.74, 6) is 1.87. The van der Waals surface area contributed by atoms with Crippen LogP contribution in [-0.4, -0.2) is 20.9 Å². The molecule has 2 heterocycles. The maximum Gasteiger partial charge on any atom is 0.255 e. The molecule has 0 aliphatic heterocycles. The molecule has 176 valence electrons. The lowest BCUT2D eigenvalue weighted by atomic mass is 10.1. The monoisotopic (exact) mass is 473 g/mol. The van der Waals surface area contributed by atoms with Gasteiger partial charge in [-0.1, -0.05) is 24.3 Å². The standard InChI is InChI=1S/C29H23N5O2/c1-20-9-10-21(18-27(20)34-28-25(8-5-16-31-28)26-15-17-30-19-32-26)29(35)33-22-11-13-24(14-12-22)36-23-6-3-2-4-7-23/h2-19H,1H3,(H,31,34)(H,33,35). The molecule has 0 bridgehead atoms. The van der Waals surface area contributed by atoms with Crippen LogP contribution >= 0.6 is 0 Å². The molecule has 36 heavy (non-hydrogen) atoms. The van der Waals surface area contributed by atoms with Gasteiger partial charge in [-0.25, -0.2) is 15.0 Å². The smallest absolute Gasteiger partial charge is 0.255 e. The van der Waals surface area contributed by atoms with Crippen molar-refractivity contribution in [3.8, 4) is 22.8 Å². The largest absolute Gasteiger partial charge is 0.457 e. The summed E-state index contributed by atoms with van der Waals surface area (Å²) < 4.78 is 5.82. The molecule has 0 saturated carbocycles. The summed E-state index contributed by atoms with van der Waals surface area (Å²) in [7, 11) is 0. The fraction of sp³-hybridized carbons (Fsp3) is 0.0345. The molecule has 0 radical (unpaired) electrons. The fourth-order valence-electron chi connectivity index (χ4n) is 3.62. The Hall–Kier alpha value is -5.04. The van der Waals surface area contributed by atoms with Crippen molar-refractivity contribution in [2.45, 2.75) is 6.92 Å². The number of hydrogen-bond donors (Lipinski definition) is 2. The van der Waals surface area contributed by atoms with Crippen LogP contribution in [0.1, 0.15) is 15.9 Å². The molecule has 0 fully saturated rings. The number of benzene rings is 3. The van der Waals surface area contributed by atoms with Crippen LogP contribution in [0.4, 0.5) is 17.2 Å². The first-order chi connectivity index (χ1) is 17.7. The van der Waals surface area contributed by atoms with Crippen molar-refractivity contribution in [3.63, 3.8) is 0 Å². The van der Waals surface area contributed by atoms with Gasteiger partial charge in [-0.3, -0.25) is 4.79 Å². The molecule has 0 atom stereocenters. The molecule has 5 rings (SSSR count). The second-order valence-corrected chi connectivity index (χ2v) is 8.04. The van der Waals surface area contributed by atoms with Gasteiger partial charge in [-0.05, 0) is 79.2 Å². The number of anilines is 3. The molecule has 0 unspecified atom stereocenters. The maximum absolute atomic E-state index is 13.0. The molecule has 3 aromatic carbocycles. The third kappa shape index (κ3) is 5.37. The number of rotatable bonds is 7. The minimum atomic E-state index is -0.216. The number of carbonyl (C=O) groups excluding carboxylic acids is 1. The molecule has 1 amide bonds. The van der Waals surface area contributed by atoms with E-state index in [2.05, 4.69) is 25.6 Å². The van der Waals surface area contributed by atoms with Crippen LogP contribution in [0.2, 0.25) is 0 Å². The molecule has 7 nitrogen and oxygen atoms in total. The van der Waals surface area contributed by atoms with Gasteiger partial charge in [0.05, 0.1) is 5.69 Å². The van der Waals surface area contributed by atoms with Gasteiger partial charge in [-0.15, -0.1) is 0 Å². The Balaban J connectivity index is 1.31. The molecule has 2 N–H and O–H groups in total. The molecule has 0 aliphatic carbocycles. The van der Waals surface area contributed by atoms with Gasteiger partial charge >= 0.3 is 0 Å². The first-order valence-electron chi connectivity index (χ1n) is 11.4. The number of ether oxygens (including phenoxy) is 1. The van der Waals surface area contributed by atoms with Crippen molar-refractivity contribution in [2.24, 2.45) is 0 Å². The highest BCUT2D eigenvalue weighted by molar-refractivity contribution is 6.05. The van der Waals surface area contributed by atoms with Crippen LogP contribution in [0.15, 0.2) is 110 Å². The average molecular weight is 474 g/mol. The van der Waals surface area contributed by atoms with E-state index in [-0.39, 0.29) is 5.91 Å². The SMILES string of the molecule is Cc1ccc(C(=O)Nc2ccc(Oc3ccccc3)cc2)cc1Nc1ncccc1-c1ccncn1. The van der Waals surface area contributed by atoms with E-state index in [0.29, 0.717) is 22.8 Å². The molecule has 0 saturated heterocycles. The fourth-order valence-corrected chi connectivity index (χ4v) is 3.62. The number of pyridine rings is 1. The van der Waals surface area contributed by atoms with Crippen molar-refractivity contribution in [1.82, 2.24) is 15.0 Å². The summed E-state index contributed by atoms with van der Waals surface area (Å²) in [4.78, 5) is 25.8. The third-order valence-corrected chi connectivity index (χ3v) is 5.51. The average Bonchev–Trinajstić information content (AvgIpc) is 2.92. The predicted octanol–water partition coefficient (Wildman–Crippen LogP) is 6.64. The Morgan fingerprint density at radius 2 is 1.61 bits per heavy atom. The second-order valence-electron chi connectivity index (χ2n) is 8.04. The highest BCUT2D eigenvalue weighted by atomic mass is 16.5. The molecule has 2 aromatic heterocycles. The van der Waals surface area contributed by atoms with Crippen LogP contribution < -0.4 is 15.4 Å². The Morgan fingerprint density at radius 3 is 2.39 bits per heavy atom. The summed E-state index contributed by atoms with van der Waals surface area (Å²) in [6.07, 6.45) is 4.91. The van der Waals surface area contributed by atoms with E-state index >= 15 is 0 Å². The Bertz CT molecular complexity index is 1470. The van der Waals surface area contributed by atoms with Gasteiger partial charge in [-0.2, -0.15) is 0 Å². The van der Waals surface area contributed by atoms with Crippen LogP contribution in [0.25, 0.3) is 11.3 Å². The second kappa shape index (κ2) is 10.5. The molecule has 0 aliphatic rings. The van der Waals surface area contributed by atoms with Gasteiger partial charge in [0.25, 0.3) is 5.91 Å². The minimum absolute atomic E-state index is 0.216. The van der Waals surface area contributed by atoms with E-state index in [0.717, 1.165) is 28.3 Å². The maximum atomic E-state index is 13.0. The van der Waals surface area contributed by atoms with Crippen molar-refractivity contribution in [3.05, 3.63) is 121 Å². The Kier molecular flexibility index (Phi) is 6.62. The van der Waals surface area contributed by atoms with E-state index in [1.807, 2.05) is 91.9 Å². The molecule has 0 spiro atoms. The highest BCUT2D eigenvalue weighted by Gasteiger charge is 2.12. The first-order valence-corrected chi connectivity index (χ1v) is 11.4. The van der Waals surface area contributed by atoms with Crippen LogP contribution in [-0.2, 0) is 0 Å². The Morgan fingerprint density at radius 1 is 0.806 bits per heavy atom. The van der Waals surface area contributed by atoms with Gasteiger partial charge in [0.2, 0.25) is 0 Å². The number of aromatic nitrogens is 3. The van der Waals surface area contributed by atoms with Gasteiger partial charge in [0.1, 0.15) is 23.6 Å². The lowest BCUT2D eigenvalue weighted by molar-refractivity contribution is 0.102. The molecule has 7 heteroatoms. The van der Waals surface area contributed by atoms with Crippen molar-refractivity contribution in [1.29, 1.82) is 0 Å². The topological polar surface area (TPSA) is 89.0 Å². The summed E-state index contributed by atoms with van der Waals surface area (Å²) in [5, 5.41) is 6.30. The van der Waals surface area contributed by atoms with E-state index in [1.54, 1.807) is 18.5 Å². The zero-order valence-electron chi connectivity index (χ0n) is 19.6. The first kappa shape index (κ1) is 22.7. The van der Waals surface area contributed by atoms with Crippen molar-refractivity contribution in [2.75, 3.05) is 10.6 Å². The van der Waals surface area contributed by atoms with Crippen LogP contribution in [0, 0.1) is 6.92 Å². The number of nitrogens with zero attached hydrogens (tertiary/aromatic N) is 3. The van der Waals surface area contributed by atoms with Crippen LogP contribution in [0.5, 0.6) is 11.5 Å². The normalized spacial score (nSPS) is 10.5. The quantitative estimate of drug-likeness (QED) is 0.276. The van der Waals surface area contributed by atoms with Crippen molar-refractivity contribution >= 4 is 23.1 Å². The molecular weight excluding hydrogens is 450 g/mol. The summed E-state index contributed by atoms with van der Waals surface area (Å²) >= 11 is 0. The molecular formula is C29H23N5O2. The number of para-hydroxylation sites is 1. The van der Waals surface area contributed by atoms with E-state index in [9.17, 15) is 4.79 Å². The summed E-state index contributed by atoms with van der Waals surface area (Å²) in [6.45, 7) is 1.97. The lowest BCUT2D eigenvalue weighted by Gasteiger charge is -2.14. The minimum Gasteiger partial charge on any atom is -0.457 e. The van der Waals surface area contributed by atoms with Crippen molar-refractivity contribution < 1.29 is 9.53 Å². The summed E-state index contributed by atoms with van der Waals surface area (Å²) in [5.41, 5.74) is 4.55. The lowest BCUT2D eigenvalue weighted by Crippen LogP contribution is -2.12. The number of carbonyl (C=O) groups is 1. The number of amides is 1. The zero-order chi connectivity index (χ0) is 24.7. The number of hydrogen-bond acceptors (Lipinski definition) is 6. The molecule has 5 aromatic rings. The summed E-state index contributed by atoms with van der Waals surface area (Å²) in [6, 6.07) is 27.9. The number of nitrogens with one attached hydrogen (secondary N) is 2. The van der Waals surface area contributed by atoms with E-state index < -0.39 is 0 Å². The van der Waals surface area contributed by atoms with Gasteiger partial charge in [0, 0.05) is 34.9 Å². The third-order valence-electron chi connectivity index (χ3n) is 5.51. The Labute approximate surface area is 208 Å². The predicted molar refractivity (Wildman–Crippen MR) is 141 cm³/mol. The van der Waals surface area contributed by atoms with E-state index in [4.69, 9.17) is 4.74 Å². The highest BCUT2D eigenvalue weighted by Crippen LogP contribution is 2.29. The van der Waals surface area contributed by atoms with Gasteiger partial charge in [0.15, 0.2) is 0 Å². The van der Waals surface area contributed by atoms with Crippen LogP contribution in [0.3, 0.4) is 0 Å². The zero-order valence-corrected chi connectivity index (χ0v) is 19.6.